The Hall–Kier alpha value is -1.69. The molecule has 1 aliphatic heterocycles. The van der Waals surface area contributed by atoms with Gasteiger partial charge in [0.15, 0.2) is 5.82 Å². The number of hydrogen-bond acceptors (Lipinski definition) is 3. The van der Waals surface area contributed by atoms with E-state index in [1.54, 1.807) is 0 Å². The van der Waals surface area contributed by atoms with Gasteiger partial charge in [0.2, 0.25) is 0 Å². The summed E-state index contributed by atoms with van der Waals surface area (Å²) in [5.74, 6) is -2.78. The van der Waals surface area contributed by atoms with Crippen LogP contribution < -0.4 is 5.73 Å². The third-order valence-electron chi connectivity index (χ3n) is 2.48. The van der Waals surface area contributed by atoms with Crippen molar-refractivity contribution in [3.8, 4) is 0 Å². The van der Waals surface area contributed by atoms with E-state index in [0.717, 1.165) is 17.0 Å². The van der Waals surface area contributed by atoms with Crippen molar-refractivity contribution < 1.29 is 18.7 Å². The summed E-state index contributed by atoms with van der Waals surface area (Å²) < 4.78 is 26.7. The number of rotatable bonds is 1. The number of anilines is 1. The lowest BCUT2D eigenvalue weighted by Crippen LogP contribution is -2.53. The standard InChI is InChI=1S/C10H10F2N2O2/c11-6-1-2-7(13)9(12)8(6)10(16)14-3-5(15)4-14/h1-2,5,15H,3-4,13H2. The second-order valence-corrected chi connectivity index (χ2v) is 3.69. The average molecular weight is 228 g/mol. The van der Waals surface area contributed by atoms with Crippen molar-refractivity contribution >= 4 is 11.6 Å². The van der Waals surface area contributed by atoms with Gasteiger partial charge in [0.1, 0.15) is 11.4 Å². The summed E-state index contributed by atoms with van der Waals surface area (Å²) in [6.45, 7) is 0.180. The van der Waals surface area contributed by atoms with Gasteiger partial charge in [-0.25, -0.2) is 8.78 Å². The highest BCUT2D eigenvalue weighted by Gasteiger charge is 2.32. The molecule has 0 saturated carbocycles. The van der Waals surface area contributed by atoms with E-state index < -0.39 is 29.2 Å². The highest BCUT2D eigenvalue weighted by Crippen LogP contribution is 2.22. The third-order valence-corrected chi connectivity index (χ3v) is 2.48. The summed E-state index contributed by atoms with van der Waals surface area (Å²) in [5, 5.41) is 9.00. The largest absolute Gasteiger partial charge is 0.396 e. The highest BCUT2D eigenvalue weighted by atomic mass is 19.1. The Morgan fingerprint density at radius 2 is 2.06 bits per heavy atom. The van der Waals surface area contributed by atoms with E-state index in [9.17, 15) is 13.6 Å². The molecule has 16 heavy (non-hydrogen) atoms. The molecule has 2 rings (SSSR count). The van der Waals surface area contributed by atoms with Crippen molar-refractivity contribution in [1.82, 2.24) is 4.90 Å². The summed E-state index contributed by atoms with van der Waals surface area (Å²) in [4.78, 5) is 12.8. The maximum Gasteiger partial charge on any atom is 0.260 e. The summed E-state index contributed by atoms with van der Waals surface area (Å²) in [7, 11) is 0. The molecule has 0 aromatic heterocycles. The first-order valence-corrected chi connectivity index (χ1v) is 4.71. The molecule has 0 atom stereocenters. The van der Waals surface area contributed by atoms with Crippen LogP contribution in [0.25, 0.3) is 0 Å². The van der Waals surface area contributed by atoms with E-state index in [0.29, 0.717) is 0 Å². The van der Waals surface area contributed by atoms with Crippen LogP contribution in [0.1, 0.15) is 10.4 Å². The minimum absolute atomic E-state index is 0.0898. The molecule has 0 spiro atoms. The quantitative estimate of drug-likeness (QED) is 0.682. The first-order chi connectivity index (χ1) is 7.50. The summed E-state index contributed by atoms with van der Waals surface area (Å²) in [6, 6.07) is 2.01. The highest BCUT2D eigenvalue weighted by molar-refractivity contribution is 5.96. The molecule has 86 valence electrons. The minimum atomic E-state index is -1.05. The van der Waals surface area contributed by atoms with Crippen LogP contribution in [0.2, 0.25) is 0 Å². The third kappa shape index (κ3) is 1.61. The zero-order valence-corrected chi connectivity index (χ0v) is 8.28. The van der Waals surface area contributed by atoms with E-state index in [4.69, 9.17) is 10.8 Å². The second-order valence-electron chi connectivity index (χ2n) is 3.69. The predicted molar refractivity (Wildman–Crippen MR) is 52.7 cm³/mol. The molecule has 6 heteroatoms. The van der Waals surface area contributed by atoms with Crippen LogP contribution >= 0.6 is 0 Å². The Kier molecular flexibility index (Phi) is 2.51. The normalized spacial score (nSPS) is 16.1. The Morgan fingerprint density at radius 3 is 2.62 bits per heavy atom. The molecule has 1 heterocycles. The number of carbonyl (C=O) groups is 1. The Bertz CT molecular complexity index is 445. The molecule has 1 fully saturated rings. The molecule has 1 aromatic rings. The molecular weight excluding hydrogens is 218 g/mol. The van der Waals surface area contributed by atoms with Crippen LogP contribution in [0.15, 0.2) is 12.1 Å². The number of aliphatic hydroxyl groups excluding tert-OH is 1. The van der Waals surface area contributed by atoms with Crippen LogP contribution in [0.5, 0.6) is 0 Å². The molecule has 0 bridgehead atoms. The average Bonchev–Trinajstić information content (AvgIpc) is 2.19. The van der Waals surface area contributed by atoms with E-state index >= 15 is 0 Å². The van der Waals surface area contributed by atoms with Crippen LogP contribution in [0, 0.1) is 11.6 Å². The van der Waals surface area contributed by atoms with Gasteiger partial charge in [-0.15, -0.1) is 0 Å². The lowest BCUT2D eigenvalue weighted by Gasteiger charge is -2.36. The van der Waals surface area contributed by atoms with E-state index in [1.807, 2.05) is 0 Å². The second kappa shape index (κ2) is 3.71. The minimum Gasteiger partial charge on any atom is -0.396 e. The van der Waals surface area contributed by atoms with Gasteiger partial charge in [0.25, 0.3) is 5.91 Å². The summed E-state index contributed by atoms with van der Waals surface area (Å²) in [6.07, 6.45) is -0.615. The Morgan fingerprint density at radius 1 is 1.44 bits per heavy atom. The van der Waals surface area contributed by atoms with Gasteiger partial charge in [-0.2, -0.15) is 0 Å². The Labute approximate surface area is 90.3 Å². The summed E-state index contributed by atoms with van der Waals surface area (Å²) in [5.41, 5.74) is 4.32. The first kappa shape index (κ1) is 10.8. The number of aliphatic hydroxyl groups is 1. The van der Waals surface area contributed by atoms with Gasteiger partial charge in [-0.1, -0.05) is 0 Å². The van der Waals surface area contributed by atoms with Crippen LogP contribution in [-0.2, 0) is 0 Å². The van der Waals surface area contributed by atoms with Crippen molar-refractivity contribution in [3.63, 3.8) is 0 Å². The fraction of sp³-hybridized carbons (Fsp3) is 0.300. The maximum absolute atomic E-state index is 13.5. The lowest BCUT2D eigenvalue weighted by molar-refractivity contribution is 0.00527. The molecule has 0 radical (unpaired) electrons. The zero-order chi connectivity index (χ0) is 11.9. The van der Waals surface area contributed by atoms with Crippen molar-refractivity contribution in [1.29, 1.82) is 0 Å². The zero-order valence-electron chi connectivity index (χ0n) is 8.28. The number of nitrogens with two attached hydrogens (primary N) is 1. The Balaban J connectivity index is 2.33. The van der Waals surface area contributed by atoms with Crippen molar-refractivity contribution in [2.24, 2.45) is 0 Å². The van der Waals surface area contributed by atoms with E-state index in [1.165, 1.54) is 0 Å². The number of nitrogen functional groups attached to an aromatic ring is 1. The van der Waals surface area contributed by atoms with E-state index in [2.05, 4.69) is 0 Å². The molecule has 3 N–H and O–H groups in total. The predicted octanol–water partition coefficient (Wildman–Crippen LogP) is 0.364. The molecule has 1 saturated heterocycles. The molecule has 1 aromatic carbocycles. The van der Waals surface area contributed by atoms with Gasteiger partial charge in [-0.3, -0.25) is 4.79 Å². The SMILES string of the molecule is Nc1ccc(F)c(C(=O)N2CC(O)C2)c1F. The van der Waals surface area contributed by atoms with E-state index in [-0.39, 0.29) is 18.8 Å². The molecule has 0 aliphatic carbocycles. The number of benzene rings is 1. The van der Waals surface area contributed by atoms with Gasteiger partial charge in [0.05, 0.1) is 11.8 Å². The number of likely N-dealkylation sites (tertiary alicyclic amines) is 1. The summed E-state index contributed by atoms with van der Waals surface area (Å²) >= 11 is 0. The number of halogens is 2. The van der Waals surface area contributed by atoms with Crippen LogP contribution in [-0.4, -0.2) is 35.1 Å². The number of nitrogens with zero attached hydrogens (tertiary/aromatic N) is 1. The monoisotopic (exact) mass is 228 g/mol. The number of amides is 1. The van der Waals surface area contributed by atoms with Crippen LogP contribution in [0.3, 0.4) is 0 Å². The van der Waals surface area contributed by atoms with Gasteiger partial charge in [0, 0.05) is 13.1 Å². The van der Waals surface area contributed by atoms with Gasteiger partial charge >= 0.3 is 0 Å². The molecule has 1 amide bonds. The maximum atomic E-state index is 13.5. The topological polar surface area (TPSA) is 66.6 Å². The lowest BCUT2D eigenvalue weighted by atomic mass is 10.1. The molecular formula is C10H10F2N2O2. The number of hydrogen-bond donors (Lipinski definition) is 2. The number of carbonyl (C=O) groups excluding carboxylic acids is 1. The van der Waals surface area contributed by atoms with Crippen molar-refractivity contribution in [2.45, 2.75) is 6.10 Å². The van der Waals surface area contributed by atoms with Gasteiger partial charge < -0.3 is 15.7 Å². The molecule has 4 nitrogen and oxygen atoms in total. The van der Waals surface area contributed by atoms with Crippen molar-refractivity contribution in [2.75, 3.05) is 18.8 Å². The molecule has 0 unspecified atom stereocenters. The fourth-order valence-corrected chi connectivity index (χ4v) is 1.54. The fourth-order valence-electron chi connectivity index (χ4n) is 1.54. The molecule has 1 aliphatic rings. The van der Waals surface area contributed by atoms with Crippen molar-refractivity contribution in [3.05, 3.63) is 29.3 Å². The first-order valence-electron chi connectivity index (χ1n) is 4.71. The smallest absolute Gasteiger partial charge is 0.260 e. The number of β-amino-alcohol motifs (C(OH)–C–C–N with tert-alkyl or cyclic N) is 1. The van der Waals surface area contributed by atoms with Crippen LogP contribution in [0.4, 0.5) is 14.5 Å². The van der Waals surface area contributed by atoms with Gasteiger partial charge in [-0.05, 0) is 12.1 Å².